The minimum absolute atomic E-state index is 0.0567. The number of carbonyl (C=O) groups excluding carboxylic acids is 2. The molecule has 0 bridgehead atoms. The number of rotatable bonds is 9. The van der Waals surface area contributed by atoms with Crippen molar-refractivity contribution in [2.75, 3.05) is 0 Å². The Hall–Kier alpha value is -4.68. The van der Waals surface area contributed by atoms with Gasteiger partial charge in [-0.1, -0.05) is 19.1 Å². The zero-order valence-corrected chi connectivity index (χ0v) is 21.4. The summed E-state index contributed by atoms with van der Waals surface area (Å²) in [6.07, 6.45) is -2.09. The number of nitrogens with one attached hydrogen (secondary N) is 1. The maximum atomic E-state index is 14.2. The number of carbonyl (C=O) groups is 2. The molecule has 41 heavy (non-hydrogen) atoms. The Morgan fingerprint density at radius 3 is 2.37 bits per heavy atom. The molecule has 2 heterocycles. The first-order valence-corrected chi connectivity index (χ1v) is 12.3. The number of alkyl halides is 3. The first-order chi connectivity index (χ1) is 19.4. The van der Waals surface area contributed by atoms with E-state index in [4.69, 9.17) is 5.73 Å². The summed E-state index contributed by atoms with van der Waals surface area (Å²) < 4.78 is 82.5. The van der Waals surface area contributed by atoms with E-state index in [-0.39, 0.29) is 24.1 Å². The average Bonchev–Trinajstić information content (AvgIpc) is 3.39. The molecule has 2 aromatic heterocycles. The maximum Gasteiger partial charge on any atom is 0.419 e. The van der Waals surface area contributed by atoms with Gasteiger partial charge < -0.3 is 11.1 Å². The third-order valence-electron chi connectivity index (χ3n) is 6.33. The van der Waals surface area contributed by atoms with Gasteiger partial charge in [0.2, 0.25) is 5.91 Å². The summed E-state index contributed by atoms with van der Waals surface area (Å²) in [7, 11) is 0. The second kappa shape index (κ2) is 11.8. The third kappa shape index (κ3) is 6.73. The molecule has 3 N–H and O–H groups in total. The molecule has 0 saturated carbocycles. The van der Waals surface area contributed by atoms with Crippen LogP contribution in [0.1, 0.15) is 52.6 Å². The summed E-state index contributed by atoms with van der Waals surface area (Å²) in [6.45, 7) is 1.58. The highest BCUT2D eigenvalue weighted by Crippen LogP contribution is 2.32. The van der Waals surface area contributed by atoms with Gasteiger partial charge in [-0.2, -0.15) is 18.3 Å². The van der Waals surface area contributed by atoms with E-state index in [1.807, 2.05) is 0 Å². The predicted octanol–water partition coefficient (Wildman–Crippen LogP) is 5.53. The fourth-order valence-electron chi connectivity index (χ4n) is 4.42. The van der Waals surface area contributed by atoms with E-state index in [9.17, 15) is 35.9 Å². The van der Waals surface area contributed by atoms with Crippen molar-refractivity contribution in [1.82, 2.24) is 20.1 Å². The number of aromatic nitrogens is 3. The van der Waals surface area contributed by atoms with Crippen LogP contribution in [-0.2, 0) is 17.4 Å². The second-order valence-corrected chi connectivity index (χ2v) is 9.17. The van der Waals surface area contributed by atoms with Gasteiger partial charge in [0.05, 0.1) is 29.1 Å². The van der Waals surface area contributed by atoms with Crippen molar-refractivity contribution in [3.63, 3.8) is 0 Å². The Morgan fingerprint density at radius 2 is 1.76 bits per heavy atom. The molecule has 214 valence electrons. The smallest absolute Gasteiger partial charge is 0.366 e. The predicted molar refractivity (Wildman–Crippen MR) is 136 cm³/mol. The van der Waals surface area contributed by atoms with E-state index in [1.165, 1.54) is 18.3 Å². The highest BCUT2D eigenvalue weighted by atomic mass is 19.4. The largest absolute Gasteiger partial charge is 0.419 e. The van der Waals surface area contributed by atoms with Crippen LogP contribution < -0.4 is 11.1 Å². The molecule has 13 heteroatoms. The van der Waals surface area contributed by atoms with Gasteiger partial charge in [-0.25, -0.2) is 13.2 Å². The Labute approximate surface area is 230 Å². The molecule has 7 nitrogen and oxygen atoms in total. The molecule has 4 rings (SSSR count). The van der Waals surface area contributed by atoms with E-state index in [0.717, 1.165) is 22.9 Å². The van der Waals surface area contributed by atoms with Gasteiger partial charge in [-0.05, 0) is 54.3 Å². The zero-order valence-electron chi connectivity index (χ0n) is 21.4. The number of hydrogen-bond donors (Lipinski definition) is 2. The highest BCUT2D eigenvalue weighted by Gasteiger charge is 2.34. The van der Waals surface area contributed by atoms with Crippen LogP contribution in [0.2, 0.25) is 0 Å². The lowest BCUT2D eigenvalue weighted by atomic mass is 9.94. The van der Waals surface area contributed by atoms with Crippen molar-refractivity contribution in [2.45, 2.75) is 38.0 Å². The Bertz CT molecular complexity index is 1570. The molecule has 0 unspecified atom stereocenters. The first kappa shape index (κ1) is 29.3. The van der Waals surface area contributed by atoms with E-state index in [0.29, 0.717) is 29.6 Å². The molecule has 0 fully saturated rings. The molecule has 0 aliphatic heterocycles. The van der Waals surface area contributed by atoms with Gasteiger partial charge in [0, 0.05) is 24.0 Å². The molecular formula is C28H23F6N5O2. The number of nitrogens with zero attached hydrogens (tertiary/aromatic N) is 3. The summed E-state index contributed by atoms with van der Waals surface area (Å²) in [5, 5.41) is 6.43. The van der Waals surface area contributed by atoms with Gasteiger partial charge in [0.25, 0.3) is 5.91 Å². The molecular weight excluding hydrogens is 552 g/mol. The molecule has 0 saturated heterocycles. The Morgan fingerprint density at radius 1 is 1.05 bits per heavy atom. The van der Waals surface area contributed by atoms with Crippen molar-refractivity contribution in [1.29, 1.82) is 0 Å². The van der Waals surface area contributed by atoms with Crippen LogP contribution >= 0.6 is 0 Å². The van der Waals surface area contributed by atoms with Gasteiger partial charge in [-0.15, -0.1) is 0 Å². The van der Waals surface area contributed by atoms with Crippen LogP contribution in [0.3, 0.4) is 0 Å². The molecule has 0 aliphatic rings. The summed E-state index contributed by atoms with van der Waals surface area (Å²) in [5.74, 6) is -4.33. The molecule has 2 aromatic carbocycles. The molecule has 0 radical (unpaired) electrons. The van der Waals surface area contributed by atoms with Crippen molar-refractivity contribution >= 4 is 11.8 Å². The summed E-state index contributed by atoms with van der Waals surface area (Å²) in [5.41, 5.74) is 4.83. The molecule has 2 atom stereocenters. The van der Waals surface area contributed by atoms with E-state index >= 15 is 0 Å². The van der Waals surface area contributed by atoms with Gasteiger partial charge in [0.1, 0.15) is 23.5 Å². The van der Waals surface area contributed by atoms with Crippen molar-refractivity contribution in [3.05, 3.63) is 107 Å². The number of hydrogen-bond acceptors (Lipinski definition) is 4. The third-order valence-corrected chi connectivity index (χ3v) is 6.33. The van der Waals surface area contributed by atoms with Gasteiger partial charge in [-0.3, -0.25) is 19.3 Å². The lowest BCUT2D eigenvalue weighted by Crippen LogP contribution is -2.37. The molecule has 2 amide bonds. The number of pyridine rings is 1. The van der Waals surface area contributed by atoms with Gasteiger partial charge >= 0.3 is 6.18 Å². The number of primary amides is 1. The summed E-state index contributed by atoms with van der Waals surface area (Å²) in [4.78, 5) is 29.5. The Balaban J connectivity index is 1.77. The minimum Gasteiger partial charge on any atom is -0.366 e. The highest BCUT2D eigenvalue weighted by molar-refractivity contribution is 5.94. The normalized spacial score (nSPS) is 13.0. The lowest BCUT2D eigenvalue weighted by Gasteiger charge is -2.24. The van der Waals surface area contributed by atoms with Crippen molar-refractivity contribution < 1.29 is 35.9 Å². The van der Waals surface area contributed by atoms with Crippen molar-refractivity contribution in [2.24, 2.45) is 5.73 Å². The van der Waals surface area contributed by atoms with Gasteiger partial charge in [0.15, 0.2) is 0 Å². The zero-order chi connectivity index (χ0) is 29.9. The van der Waals surface area contributed by atoms with Crippen LogP contribution in [0.4, 0.5) is 26.3 Å². The molecule has 4 aromatic rings. The van der Waals surface area contributed by atoms with Crippen LogP contribution in [0, 0.1) is 17.5 Å². The molecule has 0 spiro atoms. The quantitative estimate of drug-likeness (QED) is 0.256. The Kier molecular flexibility index (Phi) is 8.45. The first-order valence-electron chi connectivity index (χ1n) is 12.3. The van der Waals surface area contributed by atoms with Crippen LogP contribution in [0.15, 0.2) is 67.1 Å². The number of halogens is 6. The average molecular weight is 576 g/mol. The van der Waals surface area contributed by atoms with Crippen molar-refractivity contribution in [3.8, 4) is 11.1 Å². The topological polar surface area (TPSA) is 103 Å². The van der Waals surface area contributed by atoms with E-state index in [1.54, 1.807) is 19.1 Å². The molecule has 0 aliphatic carbocycles. The number of amides is 2. The second-order valence-electron chi connectivity index (χ2n) is 9.17. The van der Waals surface area contributed by atoms with E-state index < -0.39 is 58.7 Å². The fourth-order valence-corrected chi connectivity index (χ4v) is 4.42. The number of benzene rings is 2. The number of nitrogens with two attached hydrogens (primary N) is 1. The van der Waals surface area contributed by atoms with E-state index in [2.05, 4.69) is 15.4 Å². The minimum atomic E-state index is -4.67. The maximum absolute atomic E-state index is 14.2. The summed E-state index contributed by atoms with van der Waals surface area (Å²) in [6, 6.07) is 7.28. The monoisotopic (exact) mass is 575 g/mol. The standard InChI is InChI=1S/C28H23F6N5O2/c1-2-24(39-14-17(13-37-39)28(32,33)34)27(41)38-23(10-15-8-18(29)12-19(30)9-15)25-20(4-3-7-36-25)16-5-6-22(31)21(11-16)26(35)40/h3-9,11-14,23-24H,2,10H2,1H3,(H2,35,40)(H,38,41)/t23-,24+/m0/s1. The van der Waals surface area contributed by atoms with Crippen LogP contribution in [0.25, 0.3) is 11.1 Å². The van der Waals surface area contributed by atoms with Crippen LogP contribution in [-0.4, -0.2) is 26.6 Å². The summed E-state index contributed by atoms with van der Waals surface area (Å²) >= 11 is 0. The lowest BCUT2D eigenvalue weighted by molar-refractivity contribution is -0.138. The van der Waals surface area contributed by atoms with Crippen LogP contribution in [0.5, 0.6) is 0 Å². The fraction of sp³-hybridized carbons (Fsp3) is 0.214. The SMILES string of the molecule is CC[C@H](C(=O)N[C@@H](Cc1cc(F)cc(F)c1)c1ncccc1-c1ccc(F)c(C(N)=O)c1)n1cc(C(F)(F)F)cn1.